The molecule has 0 amide bonds. The number of carboxylic acids is 1. The van der Waals surface area contributed by atoms with Gasteiger partial charge >= 0.3 is 5.97 Å². The van der Waals surface area contributed by atoms with E-state index >= 15 is 0 Å². The fourth-order valence-electron chi connectivity index (χ4n) is 15.2. The molecular formula is C47H78N4O4. The molecule has 7 fully saturated rings. The first kappa shape index (κ1) is 40.5. The predicted molar refractivity (Wildman–Crippen MR) is 220 cm³/mol. The third-order valence-electron chi connectivity index (χ3n) is 17.6. The SMILES string of the molecule is CC(C)CN(CCN1CCN(CCN2CCCCC2)CC1)C[C@@H]1O[C@@H](C23C[C@@H]4[C@H](C)CC[C@H]4C4(C=O)CC2C=C(C(C)C)[C@]43C(=O)O)C[C@H]1C1CCCCC1. The molecule has 0 radical (unpaired) electrons. The molecule has 10 atom stereocenters. The highest BCUT2D eigenvalue weighted by Crippen LogP contribution is 2.84. The standard InChI is InChI=1S/C47H78N4O4/c1-33(2)30-51(25-24-50-22-20-49(21-23-50)19-18-48-16-10-7-11-17-48)31-42-38(36-12-8-6-9-13-36)27-43(55-42)46-29-39-35(5)14-15-40(39)45(32-52)28-37(46)26-41(34(3)4)47(45,46)44(53)54/h26,32-40,42-43H,6-25,27-31H2,1-5H3,(H,53,54)/t35-,37?,38+,39-,40-,42+,43-,45?,46?,47+/m1/s1. The van der Waals surface area contributed by atoms with E-state index in [9.17, 15) is 14.7 Å². The molecule has 0 spiro atoms. The molecule has 55 heavy (non-hydrogen) atoms. The van der Waals surface area contributed by atoms with Crippen LogP contribution in [0.5, 0.6) is 0 Å². The molecule has 3 heterocycles. The van der Waals surface area contributed by atoms with Crippen molar-refractivity contribution in [3.05, 3.63) is 11.6 Å². The number of carbonyl (C=O) groups is 2. The second-order valence-corrected chi connectivity index (χ2v) is 21.1. The van der Waals surface area contributed by atoms with Crippen molar-refractivity contribution >= 4 is 12.3 Å². The summed E-state index contributed by atoms with van der Waals surface area (Å²) >= 11 is 0. The van der Waals surface area contributed by atoms with Crippen LogP contribution >= 0.6 is 0 Å². The Bertz CT molecular complexity index is 1380. The Hall–Kier alpha value is -1.32. The molecule has 8 rings (SSSR count). The number of nitrogens with zero attached hydrogens (tertiary/aromatic N) is 4. The van der Waals surface area contributed by atoms with Crippen molar-refractivity contribution in [1.29, 1.82) is 0 Å². The van der Waals surface area contributed by atoms with Crippen LogP contribution in [0.4, 0.5) is 0 Å². The fraction of sp³-hybridized carbons (Fsp3) is 0.915. The van der Waals surface area contributed by atoms with Crippen molar-refractivity contribution in [3.63, 3.8) is 0 Å². The van der Waals surface area contributed by atoms with Crippen LogP contribution in [0, 0.1) is 63.6 Å². The first-order valence-electron chi connectivity index (χ1n) is 23.5. The Morgan fingerprint density at radius 3 is 2.16 bits per heavy atom. The van der Waals surface area contributed by atoms with Crippen molar-refractivity contribution in [2.75, 3.05) is 78.5 Å². The van der Waals surface area contributed by atoms with Crippen LogP contribution in [0.15, 0.2) is 11.6 Å². The molecule has 0 aromatic rings. The van der Waals surface area contributed by atoms with Gasteiger partial charge in [-0.15, -0.1) is 0 Å². The predicted octanol–water partition coefficient (Wildman–Crippen LogP) is 7.33. The number of aldehydes is 1. The van der Waals surface area contributed by atoms with Crippen molar-refractivity contribution in [3.8, 4) is 0 Å². The molecule has 0 aromatic carbocycles. The molecule has 3 saturated heterocycles. The van der Waals surface area contributed by atoms with Gasteiger partial charge in [0.1, 0.15) is 11.7 Å². The molecule has 1 N–H and O–H groups in total. The number of carbonyl (C=O) groups excluding carboxylic acids is 1. The second kappa shape index (κ2) is 16.4. The first-order chi connectivity index (χ1) is 26.5. The highest BCUT2D eigenvalue weighted by atomic mass is 16.5. The van der Waals surface area contributed by atoms with Crippen LogP contribution in [-0.4, -0.2) is 128 Å². The van der Waals surface area contributed by atoms with E-state index in [1.807, 2.05) is 0 Å². The number of rotatable bonds is 15. The summed E-state index contributed by atoms with van der Waals surface area (Å²) in [5.74, 6) is 2.24. The van der Waals surface area contributed by atoms with Crippen molar-refractivity contribution in [2.24, 2.45) is 63.6 Å². The van der Waals surface area contributed by atoms with Gasteiger partial charge in [0.2, 0.25) is 0 Å². The average molecular weight is 763 g/mol. The lowest BCUT2D eigenvalue weighted by molar-refractivity contribution is -0.197. The summed E-state index contributed by atoms with van der Waals surface area (Å²) in [4.78, 5) is 39.0. The van der Waals surface area contributed by atoms with Crippen LogP contribution in [0.1, 0.15) is 118 Å². The largest absolute Gasteiger partial charge is 0.481 e. The number of hydrogen-bond donors (Lipinski definition) is 1. The number of piperazine rings is 1. The van der Waals surface area contributed by atoms with Gasteiger partial charge in [-0.25, -0.2) is 0 Å². The van der Waals surface area contributed by atoms with Gasteiger partial charge in [0, 0.05) is 70.9 Å². The maximum Gasteiger partial charge on any atom is 0.315 e. The molecule has 8 nitrogen and oxygen atoms in total. The molecule has 8 heteroatoms. The molecule has 310 valence electrons. The van der Waals surface area contributed by atoms with E-state index in [2.05, 4.69) is 60.3 Å². The Labute approximate surface area is 334 Å². The lowest BCUT2D eigenvalue weighted by Crippen LogP contribution is -2.65. The van der Waals surface area contributed by atoms with E-state index < -0.39 is 22.2 Å². The monoisotopic (exact) mass is 763 g/mol. The zero-order valence-electron chi connectivity index (χ0n) is 35.6. The molecule has 5 aliphatic carbocycles. The number of fused-ring (bicyclic) bond motifs is 2. The average Bonchev–Trinajstić information content (AvgIpc) is 3.90. The van der Waals surface area contributed by atoms with Gasteiger partial charge in [0.25, 0.3) is 0 Å². The minimum atomic E-state index is -1.16. The van der Waals surface area contributed by atoms with Crippen LogP contribution in [0.3, 0.4) is 0 Å². The minimum absolute atomic E-state index is 0.0971. The van der Waals surface area contributed by atoms with Gasteiger partial charge in [-0.3, -0.25) is 19.5 Å². The molecule has 3 unspecified atom stereocenters. The first-order valence-corrected chi connectivity index (χ1v) is 23.5. The van der Waals surface area contributed by atoms with E-state index in [-0.39, 0.29) is 30.0 Å². The van der Waals surface area contributed by atoms with Crippen LogP contribution < -0.4 is 0 Å². The third kappa shape index (κ3) is 6.84. The number of likely N-dealkylation sites (tertiary alicyclic amines) is 1. The summed E-state index contributed by atoms with van der Waals surface area (Å²) in [5.41, 5.74) is -1.47. The van der Waals surface area contributed by atoms with Gasteiger partial charge in [0.05, 0.1) is 17.6 Å². The van der Waals surface area contributed by atoms with Crippen LogP contribution in [-0.2, 0) is 14.3 Å². The Morgan fingerprint density at radius 1 is 0.873 bits per heavy atom. The van der Waals surface area contributed by atoms with E-state index in [1.54, 1.807) is 0 Å². The highest BCUT2D eigenvalue weighted by molar-refractivity contribution is 5.90. The molecular weight excluding hydrogens is 685 g/mol. The summed E-state index contributed by atoms with van der Waals surface area (Å²) < 4.78 is 7.66. The van der Waals surface area contributed by atoms with Crippen LogP contribution in [0.2, 0.25) is 0 Å². The smallest absolute Gasteiger partial charge is 0.315 e. The van der Waals surface area contributed by atoms with E-state index in [4.69, 9.17) is 4.74 Å². The summed E-state index contributed by atoms with van der Waals surface area (Å²) in [5, 5.41) is 11.8. The molecule has 4 bridgehead atoms. The number of hydrogen-bond acceptors (Lipinski definition) is 7. The van der Waals surface area contributed by atoms with Gasteiger partial charge in [-0.05, 0) is 99.0 Å². The van der Waals surface area contributed by atoms with Crippen molar-refractivity contribution in [1.82, 2.24) is 19.6 Å². The zero-order valence-corrected chi connectivity index (χ0v) is 35.6. The maximum atomic E-state index is 14.4. The number of ether oxygens (including phenoxy) is 1. The molecule has 0 aromatic heterocycles. The van der Waals surface area contributed by atoms with Gasteiger partial charge in [-0.2, -0.15) is 0 Å². The molecule has 3 aliphatic heterocycles. The second-order valence-electron chi connectivity index (χ2n) is 21.1. The Balaban J connectivity index is 1.02. The van der Waals surface area contributed by atoms with E-state index in [1.165, 1.54) is 96.9 Å². The topological polar surface area (TPSA) is 76.6 Å². The quantitative estimate of drug-likeness (QED) is 0.138. The summed E-state index contributed by atoms with van der Waals surface area (Å²) in [6.45, 7) is 25.3. The summed E-state index contributed by atoms with van der Waals surface area (Å²) in [6.07, 6.45) is 18.9. The van der Waals surface area contributed by atoms with Crippen molar-refractivity contribution < 1.29 is 19.4 Å². The normalized spacial score (nSPS) is 41.5. The van der Waals surface area contributed by atoms with Gasteiger partial charge < -0.3 is 19.5 Å². The fourth-order valence-corrected chi connectivity index (χ4v) is 15.2. The third-order valence-corrected chi connectivity index (χ3v) is 17.6. The van der Waals surface area contributed by atoms with Crippen LogP contribution in [0.25, 0.3) is 0 Å². The molecule has 8 aliphatic rings. The lowest BCUT2D eigenvalue weighted by Gasteiger charge is -2.60. The zero-order chi connectivity index (χ0) is 38.5. The van der Waals surface area contributed by atoms with Gasteiger partial charge in [0.15, 0.2) is 0 Å². The Kier molecular flexibility index (Phi) is 12.0. The van der Waals surface area contributed by atoms with Gasteiger partial charge in [-0.1, -0.05) is 91.2 Å². The lowest BCUT2D eigenvalue weighted by atomic mass is 9.41. The minimum Gasteiger partial charge on any atom is -0.481 e. The Morgan fingerprint density at radius 2 is 1.53 bits per heavy atom. The van der Waals surface area contributed by atoms with E-state index in [0.29, 0.717) is 36.0 Å². The summed E-state index contributed by atoms with van der Waals surface area (Å²) in [7, 11) is 0. The number of piperidine rings is 1. The number of allylic oxidation sites excluding steroid dienone is 1. The molecule has 4 saturated carbocycles. The van der Waals surface area contributed by atoms with E-state index in [0.717, 1.165) is 70.5 Å². The number of aliphatic carboxylic acids is 1. The summed E-state index contributed by atoms with van der Waals surface area (Å²) in [6, 6.07) is 0. The maximum absolute atomic E-state index is 14.4. The van der Waals surface area contributed by atoms with Crippen molar-refractivity contribution in [2.45, 2.75) is 130 Å². The highest BCUT2D eigenvalue weighted by Gasteiger charge is 2.86. The number of carboxylic acid groups (broad SMARTS) is 1.